The van der Waals surface area contributed by atoms with Crippen molar-refractivity contribution in [3.63, 3.8) is 0 Å². The first-order chi connectivity index (χ1) is 9.39. The molecule has 1 aliphatic heterocycles. The van der Waals surface area contributed by atoms with Crippen molar-refractivity contribution in [2.75, 3.05) is 20.3 Å². The van der Waals surface area contributed by atoms with E-state index in [-0.39, 0.29) is 12.4 Å². The molecular formula is C13H15FN2O3S. The van der Waals surface area contributed by atoms with Crippen LogP contribution in [0.4, 0.5) is 4.39 Å². The number of benzene rings is 1. The van der Waals surface area contributed by atoms with Crippen LogP contribution in [-0.2, 0) is 20.5 Å². The fraction of sp³-hybridized carbons (Fsp3) is 0.462. The first-order valence-electron chi connectivity index (χ1n) is 6.10. The quantitative estimate of drug-likeness (QED) is 0.839. The summed E-state index contributed by atoms with van der Waals surface area (Å²) in [7, 11) is -2.29. The van der Waals surface area contributed by atoms with Crippen LogP contribution in [-0.4, -0.2) is 38.5 Å². The lowest BCUT2D eigenvalue weighted by atomic mass is 10.0. The molecule has 1 heterocycles. The molecule has 1 atom stereocenters. The molecule has 2 rings (SSSR count). The van der Waals surface area contributed by atoms with Crippen LogP contribution in [0.3, 0.4) is 0 Å². The zero-order valence-corrected chi connectivity index (χ0v) is 11.9. The molecule has 0 aromatic heterocycles. The Balaban J connectivity index is 2.22. The van der Waals surface area contributed by atoms with Crippen LogP contribution in [0.1, 0.15) is 12.0 Å². The van der Waals surface area contributed by atoms with E-state index in [0.717, 1.165) is 4.31 Å². The molecule has 0 radical (unpaired) electrons. The Morgan fingerprint density at radius 2 is 2.10 bits per heavy atom. The van der Waals surface area contributed by atoms with E-state index in [1.165, 1.54) is 31.3 Å². The van der Waals surface area contributed by atoms with Gasteiger partial charge in [0.25, 0.3) is 0 Å². The van der Waals surface area contributed by atoms with Gasteiger partial charge in [0.05, 0.1) is 18.4 Å². The van der Waals surface area contributed by atoms with E-state index in [0.29, 0.717) is 18.6 Å². The van der Waals surface area contributed by atoms with Gasteiger partial charge < -0.3 is 4.74 Å². The van der Waals surface area contributed by atoms with Gasteiger partial charge in [-0.3, -0.25) is 0 Å². The van der Waals surface area contributed by atoms with Crippen LogP contribution < -0.4 is 0 Å². The van der Waals surface area contributed by atoms with Gasteiger partial charge in [-0.05, 0) is 17.7 Å². The molecule has 0 unspecified atom stereocenters. The van der Waals surface area contributed by atoms with Gasteiger partial charge in [0.1, 0.15) is 11.4 Å². The number of hydrogen-bond acceptors (Lipinski definition) is 4. The number of rotatable bonds is 4. The molecule has 1 aromatic rings. The van der Waals surface area contributed by atoms with Gasteiger partial charge in [-0.15, -0.1) is 0 Å². The molecule has 1 fully saturated rings. The number of hydrogen-bond donors (Lipinski definition) is 0. The topological polar surface area (TPSA) is 70.4 Å². The Bertz CT molecular complexity index is 616. The second-order valence-electron chi connectivity index (χ2n) is 4.80. The van der Waals surface area contributed by atoms with E-state index in [2.05, 4.69) is 0 Å². The lowest BCUT2D eigenvalue weighted by Gasteiger charge is -2.30. The monoisotopic (exact) mass is 298 g/mol. The van der Waals surface area contributed by atoms with Gasteiger partial charge in [-0.25, -0.2) is 12.8 Å². The second kappa shape index (κ2) is 5.48. The maximum absolute atomic E-state index is 12.8. The van der Waals surface area contributed by atoms with Gasteiger partial charge in [0.2, 0.25) is 10.0 Å². The highest BCUT2D eigenvalue weighted by Crippen LogP contribution is 2.28. The fourth-order valence-corrected chi connectivity index (χ4v) is 3.64. The predicted molar refractivity (Wildman–Crippen MR) is 70.6 cm³/mol. The summed E-state index contributed by atoms with van der Waals surface area (Å²) in [6.45, 7) is 0.437. The Morgan fingerprint density at radius 3 is 2.60 bits per heavy atom. The number of likely N-dealkylation sites (N-methyl/N-ethyl adjacent to an activating group) is 1. The predicted octanol–water partition coefficient (Wildman–Crippen LogP) is 1.27. The van der Waals surface area contributed by atoms with E-state index in [1.54, 1.807) is 0 Å². The Kier molecular flexibility index (Phi) is 4.09. The van der Waals surface area contributed by atoms with Crippen LogP contribution in [0.5, 0.6) is 0 Å². The van der Waals surface area contributed by atoms with Crippen molar-refractivity contribution >= 4 is 10.0 Å². The molecule has 0 amide bonds. The molecule has 0 N–H and O–H groups in total. The largest absolute Gasteiger partial charge is 0.378 e. The highest BCUT2D eigenvalue weighted by atomic mass is 32.2. The summed E-state index contributed by atoms with van der Waals surface area (Å²) >= 11 is 0. The summed E-state index contributed by atoms with van der Waals surface area (Å²) in [6, 6.07) is 7.31. The van der Waals surface area contributed by atoms with Crippen molar-refractivity contribution in [3.8, 4) is 6.07 Å². The average molecular weight is 298 g/mol. The third-order valence-corrected chi connectivity index (χ3v) is 5.37. The molecule has 1 saturated heterocycles. The molecule has 0 saturated carbocycles. The van der Waals surface area contributed by atoms with Gasteiger partial charge in [0, 0.05) is 20.1 Å². The molecule has 5 nitrogen and oxygen atoms in total. The standard InChI is InChI=1S/C13H15FN2O3S/c1-16(13(9-15)6-7-19-10-13)20(17,18)8-11-2-4-12(14)5-3-11/h2-5H,6-8,10H2,1H3/t13-/m1/s1. The molecule has 0 aliphatic carbocycles. The lowest BCUT2D eigenvalue weighted by molar-refractivity contribution is 0.162. The summed E-state index contributed by atoms with van der Waals surface area (Å²) in [6.07, 6.45) is 0.350. The first-order valence-corrected chi connectivity index (χ1v) is 7.71. The fourth-order valence-electron chi connectivity index (χ4n) is 2.12. The van der Waals surface area contributed by atoms with Crippen molar-refractivity contribution in [1.82, 2.24) is 4.31 Å². The van der Waals surface area contributed by atoms with E-state index in [1.807, 2.05) is 6.07 Å². The Hall–Kier alpha value is -1.49. The van der Waals surface area contributed by atoms with Crippen molar-refractivity contribution in [3.05, 3.63) is 35.6 Å². The highest BCUT2D eigenvalue weighted by Gasteiger charge is 2.44. The highest BCUT2D eigenvalue weighted by molar-refractivity contribution is 7.88. The van der Waals surface area contributed by atoms with Gasteiger partial charge in [-0.1, -0.05) is 12.1 Å². The SMILES string of the molecule is CN([C@@]1(C#N)CCOC1)S(=O)(=O)Cc1ccc(F)cc1. The molecule has 1 aromatic carbocycles. The zero-order valence-electron chi connectivity index (χ0n) is 11.0. The molecule has 1 aliphatic rings. The van der Waals surface area contributed by atoms with E-state index in [4.69, 9.17) is 4.74 Å². The minimum atomic E-state index is -3.67. The van der Waals surface area contributed by atoms with Gasteiger partial charge in [0.15, 0.2) is 0 Å². The molecule has 7 heteroatoms. The average Bonchev–Trinajstić information content (AvgIpc) is 2.90. The maximum Gasteiger partial charge on any atom is 0.219 e. The van der Waals surface area contributed by atoms with Crippen molar-refractivity contribution < 1.29 is 17.5 Å². The molecule has 20 heavy (non-hydrogen) atoms. The number of sulfonamides is 1. The van der Waals surface area contributed by atoms with Crippen LogP contribution in [0.15, 0.2) is 24.3 Å². The van der Waals surface area contributed by atoms with Gasteiger partial charge in [-0.2, -0.15) is 9.57 Å². The maximum atomic E-state index is 12.8. The van der Waals surface area contributed by atoms with Crippen LogP contribution in [0.25, 0.3) is 0 Å². The third-order valence-electron chi connectivity index (χ3n) is 3.49. The Morgan fingerprint density at radius 1 is 1.45 bits per heavy atom. The number of halogens is 1. The number of nitrogens with zero attached hydrogens (tertiary/aromatic N) is 2. The number of nitriles is 1. The second-order valence-corrected chi connectivity index (χ2v) is 6.80. The van der Waals surface area contributed by atoms with E-state index >= 15 is 0 Å². The smallest absolute Gasteiger partial charge is 0.219 e. The van der Waals surface area contributed by atoms with Crippen molar-refractivity contribution in [2.45, 2.75) is 17.7 Å². The summed E-state index contributed by atoms with van der Waals surface area (Å²) in [5.41, 5.74) is -0.663. The van der Waals surface area contributed by atoms with Crippen LogP contribution in [0.2, 0.25) is 0 Å². The summed E-state index contributed by atoms with van der Waals surface area (Å²) < 4.78 is 43.8. The zero-order chi connectivity index (χ0) is 14.8. The van der Waals surface area contributed by atoms with Crippen LogP contribution in [0, 0.1) is 17.1 Å². The Labute approximate surface area is 117 Å². The van der Waals surface area contributed by atoms with Gasteiger partial charge >= 0.3 is 0 Å². The van der Waals surface area contributed by atoms with Crippen molar-refractivity contribution in [2.24, 2.45) is 0 Å². The van der Waals surface area contributed by atoms with E-state index in [9.17, 15) is 18.1 Å². The summed E-state index contributed by atoms with van der Waals surface area (Å²) in [4.78, 5) is 0. The molecule has 0 spiro atoms. The van der Waals surface area contributed by atoms with Crippen molar-refractivity contribution in [1.29, 1.82) is 5.26 Å². The molecular weight excluding hydrogens is 283 g/mol. The van der Waals surface area contributed by atoms with E-state index < -0.39 is 21.4 Å². The minimum Gasteiger partial charge on any atom is -0.378 e. The normalized spacial score (nSPS) is 22.9. The van der Waals surface area contributed by atoms with Crippen LogP contribution >= 0.6 is 0 Å². The summed E-state index contributed by atoms with van der Waals surface area (Å²) in [5, 5.41) is 9.27. The third kappa shape index (κ3) is 2.82. The minimum absolute atomic E-state index is 0.0721. The summed E-state index contributed by atoms with van der Waals surface area (Å²) in [5.74, 6) is -0.690. The molecule has 108 valence electrons. The first kappa shape index (κ1) is 14.9. The lowest BCUT2D eigenvalue weighted by Crippen LogP contribution is -2.49. The number of ether oxygens (including phenoxy) is 1. The molecule has 0 bridgehead atoms.